The second kappa shape index (κ2) is 8.75. The molecule has 158 valence electrons. The average Bonchev–Trinajstić information content (AvgIpc) is 3.13. The first-order valence-electron chi connectivity index (χ1n) is 10.4. The molecule has 3 atom stereocenters. The van der Waals surface area contributed by atoms with Gasteiger partial charge in [0.1, 0.15) is 0 Å². The number of hydrogen-bond acceptors (Lipinski definition) is 6. The maximum Gasteiger partial charge on any atom is 0.292 e. The summed E-state index contributed by atoms with van der Waals surface area (Å²) in [4.78, 5) is 1.99. The molecular formula is C21H30N3O4S+. The summed E-state index contributed by atoms with van der Waals surface area (Å²) in [5, 5.41) is 4.69. The fourth-order valence-electron chi connectivity index (χ4n) is 4.98. The predicted molar refractivity (Wildman–Crippen MR) is 111 cm³/mol. The molecule has 2 fully saturated rings. The van der Waals surface area contributed by atoms with Crippen LogP contribution < -0.4 is 19.1 Å². The number of likely N-dealkylation sites (tertiary alicyclic amines) is 1. The summed E-state index contributed by atoms with van der Waals surface area (Å²) >= 11 is 5.49. The van der Waals surface area contributed by atoms with Crippen LogP contribution in [0.25, 0.3) is 11.5 Å². The third-order valence-electron chi connectivity index (χ3n) is 6.38. The molecule has 1 aliphatic heterocycles. The fourth-order valence-corrected chi connectivity index (χ4v) is 5.17. The van der Waals surface area contributed by atoms with Gasteiger partial charge in [-0.2, -0.15) is 4.68 Å². The van der Waals surface area contributed by atoms with Crippen molar-refractivity contribution in [2.75, 3.05) is 27.9 Å². The largest absolute Gasteiger partial charge is 0.493 e. The van der Waals surface area contributed by atoms with E-state index in [4.69, 9.17) is 35.9 Å². The number of rotatable bonds is 6. The number of fused-ring (bicyclic) bond motifs is 1. The van der Waals surface area contributed by atoms with Crippen molar-refractivity contribution < 1.29 is 23.5 Å². The van der Waals surface area contributed by atoms with Gasteiger partial charge in [-0.25, -0.2) is 0 Å². The third kappa shape index (κ3) is 4.00. The smallest absolute Gasteiger partial charge is 0.292 e. The summed E-state index contributed by atoms with van der Waals surface area (Å²) in [5.74, 6) is 2.97. The van der Waals surface area contributed by atoms with Crippen LogP contribution in [0, 0.1) is 10.8 Å². The highest BCUT2D eigenvalue weighted by Crippen LogP contribution is 2.40. The average molecular weight is 421 g/mol. The minimum absolute atomic E-state index is 0.402. The van der Waals surface area contributed by atoms with Gasteiger partial charge in [0.2, 0.25) is 11.6 Å². The van der Waals surface area contributed by atoms with Gasteiger partial charge in [-0.15, -0.1) is 5.10 Å². The van der Waals surface area contributed by atoms with E-state index in [0.29, 0.717) is 28.0 Å². The van der Waals surface area contributed by atoms with Crippen molar-refractivity contribution in [2.24, 2.45) is 5.92 Å². The maximum atomic E-state index is 5.85. The molecule has 0 radical (unpaired) electrons. The van der Waals surface area contributed by atoms with Gasteiger partial charge in [-0.05, 0) is 56.5 Å². The second-order valence-corrected chi connectivity index (χ2v) is 8.30. The van der Waals surface area contributed by atoms with Gasteiger partial charge in [0.15, 0.2) is 18.2 Å². The zero-order valence-electron chi connectivity index (χ0n) is 17.4. The van der Waals surface area contributed by atoms with Crippen LogP contribution in [0.2, 0.25) is 0 Å². The number of hydrogen-bond donors (Lipinski definition) is 1. The molecule has 1 N–H and O–H groups in total. The molecule has 0 amide bonds. The number of ether oxygens (including phenoxy) is 3. The van der Waals surface area contributed by atoms with Crippen LogP contribution in [0.5, 0.6) is 17.2 Å². The first-order valence-corrected chi connectivity index (χ1v) is 10.8. The Bertz CT molecular complexity index is 883. The molecule has 4 rings (SSSR count). The Morgan fingerprint density at radius 1 is 1.07 bits per heavy atom. The van der Waals surface area contributed by atoms with Gasteiger partial charge in [0.05, 0.1) is 33.9 Å². The van der Waals surface area contributed by atoms with Gasteiger partial charge in [-0.1, -0.05) is 6.42 Å². The summed E-state index contributed by atoms with van der Waals surface area (Å²) in [5.41, 5.74) is 0.744. The van der Waals surface area contributed by atoms with Crippen molar-refractivity contribution in [3.8, 4) is 28.7 Å². The third-order valence-corrected chi connectivity index (χ3v) is 6.67. The fraction of sp³-hybridized carbons (Fsp3) is 0.619. The lowest BCUT2D eigenvalue weighted by molar-refractivity contribution is -0.958. The molecule has 1 saturated heterocycles. The summed E-state index contributed by atoms with van der Waals surface area (Å²) < 4.78 is 24.0. The quantitative estimate of drug-likeness (QED) is 0.725. The Labute approximate surface area is 176 Å². The van der Waals surface area contributed by atoms with Gasteiger partial charge >= 0.3 is 0 Å². The number of nitrogens with one attached hydrogen (secondary N) is 1. The van der Waals surface area contributed by atoms with E-state index >= 15 is 0 Å². The molecule has 2 aromatic rings. The lowest BCUT2D eigenvalue weighted by atomic mass is 9.78. The van der Waals surface area contributed by atoms with Crippen LogP contribution in [0.15, 0.2) is 16.5 Å². The number of piperidine rings is 1. The van der Waals surface area contributed by atoms with E-state index < -0.39 is 0 Å². The first-order chi connectivity index (χ1) is 14.1. The second-order valence-electron chi connectivity index (χ2n) is 7.95. The molecule has 1 unspecified atom stereocenters. The minimum atomic E-state index is 0.402. The Kier molecular flexibility index (Phi) is 6.10. The molecule has 29 heavy (non-hydrogen) atoms. The van der Waals surface area contributed by atoms with Gasteiger partial charge in [0.25, 0.3) is 4.84 Å². The standard InChI is InChI=1S/C21H29N3O4S/c1-25-17-11-15(12-18(26-2)19(17)27-3)20-22-24(21(29)28-20)13-23-10-6-8-14-7-4-5-9-16(14)23/h11-12,14,16H,4-10,13H2,1-3H3/p+1/t14-,16-/m0/s1. The van der Waals surface area contributed by atoms with E-state index in [0.717, 1.165) is 24.2 Å². The van der Waals surface area contributed by atoms with Crippen LogP contribution in [0.1, 0.15) is 38.5 Å². The number of benzene rings is 1. The maximum absolute atomic E-state index is 5.85. The van der Waals surface area contributed by atoms with Crippen LogP contribution in [-0.2, 0) is 6.67 Å². The number of methoxy groups -OCH3 is 3. The minimum Gasteiger partial charge on any atom is -0.493 e. The van der Waals surface area contributed by atoms with Crippen molar-refractivity contribution in [2.45, 2.75) is 51.2 Å². The van der Waals surface area contributed by atoms with E-state index in [2.05, 4.69) is 0 Å². The highest BCUT2D eigenvalue weighted by molar-refractivity contribution is 7.71. The van der Waals surface area contributed by atoms with Crippen LogP contribution in [-0.4, -0.2) is 43.7 Å². The molecule has 2 heterocycles. The van der Waals surface area contributed by atoms with E-state index in [1.54, 1.807) is 26.2 Å². The topological polar surface area (TPSA) is 63.1 Å². The Balaban J connectivity index is 1.61. The first kappa shape index (κ1) is 20.2. The van der Waals surface area contributed by atoms with Gasteiger partial charge in [0, 0.05) is 11.5 Å². The SMILES string of the molecule is COc1cc(-c2nn(C[NH+]3CCC[C@@H]4CCCC[C@@H]43)c(=S)o2)cc(OC)c1OC. The van der Waals surface area contributed by atoms with Crippen molar-refractivity contribution >= 4 is 12.2 Å². The molecule has 1 saturated carbocycles. The molecule has 1 aliphatic carbocycles. The van der Waals surface area contributed by atoms with Gasteiger partial charge in [-0.3, -0.25) is 0 Å². The normalized spacial score (nSPS) is 24.0. The van der Waals surface area contributed by atoms with Crippen molar-refractivity contribution in [1.29, 1.82) is 0 Å². The highest BCUT2D eigenvalue weighted by atomic mass is 32.1. The summed E-state index contributed by atoms with van der Waals surface area (Å²) in [6, 6.07) is 4.38. The molecule has 1 aromatic carbocycles. The molecule has 0 spiro atoms. The zero-order valence-corrected chi connectivity index (χ0v) is 18.2. The van der Waals surface area contributed by atoms with E-state index in [1.807, 2.05) is 16.8 Å². The monoisotopic (exact) mass is 420 g/mol. The molecule has 8 heteroatoms. The summed E-state index contributed by atoms with van der Waals surface area (Å²) in [7, 11) is 4.77. The molecule has 2 aliphatic rings. The Morgan fingerprint density at radius 2 is 1.76 bits per heavy atom. The summed E-state index contributed by atoms with van der Waals surface area (Å²) in [6.07, 6.45) is 8.05. The van der Waals surface area contributed by atoms with Crippen molar-refractivity contribution in [3.05, 3.63) is 17.0 Å². The Morgan fingerprint density at radius 3 is 2.45 bits per heavy atom. The molecule has 7 nitrogen and oxygen atoms in total. The highest BCUT2D eigenvalue weighted by Gasteiger charge is 2.37. The van der Waals surface area contributed by atoms with Gasteiger partial charge < -0.3 is 23.5 Å². The van der Waals surface area contributed by atoms with Crippen molar-refractivity contribution in [3.63, 3.8) is 0 Å². The van der Waals surface area contributed by atoms with E-state index in [9.17, 15) is 0 Å². The van der Waals surface area contributed by atoms with E-state index in [1.165, 1.54) is 45.1 Å². The summed E-state index contributed by atoms with van der Waals surface area (Å²) in [6.45, 7) is 1.93. The van der Waals surface area contributed by atoms with Crippen molar-refractivity contribution in [1.82, 2.24) is 9.78 Å². The zero-order chi connectivity index (χ0) is 20.4. The molecule has 0 bridgehead atoms. The predicted octanol–water partition coefficient (Wildman–Crippen LogP) is 3.09. The number of aromatic nitrogens is 2. The molecule has 1 aromatic heterocycles. The van der Waals surface area contributed by atoms with Crippen LogP contribution in [0.4, 0.5) is 0 Å². The lowest BCUT2D eigenvalue weighted by Crippen LogP contribution is -3.17. The molecular weight excluding hydrogens is 390 g/mol. The van der Waals surface area contributed by atoms with Crippen LogP contribution in [0.3, 0.4) is 0 Å². The number of nitrogens with zero attached hydrogens (tertiary/aromatic N) is 2. The lowest BCUT2D eigenvalue weighted by Gasteiger charge is -2.40. The Hall–Kier alpha value is -2.06. The van der Waals surface area contributed by atoms with E-state index in [-0.39, 0.29) is 0 Å². The number of quaternary nitrogens is 1. The van der Waals surface area contributed by atoms with Crippen LogP contribution >= 0.6 is 12.2 Å².